The molecule has 1 saturated carbocycles. The summed E-state index contributed by atoms with van der Waals surface area (Å²) >= 11 is 0. The van der Waals surface area contributed by atoms with Crippen LogP contribution in [0.5, 0.6) is 5.75 Å². The molecule has 1 heterocycles. The summed E-state index contributed by atoms with van der Waals surface area (Å²) in [5, 5.41) is 8.96. The lowest BCUT2D eigenvalue weighted by molar-refractivity contribution is -0.178. The number of benzene rings is 1. The van der Waals surface area contributed by atoms with Gasteiger partial charge in [0.2, 0.25) is 0 Å². The minimum absolute atomic E-state index is 0.323. The van der Waals surface area contributed by atoms with Gasteiger partial charge in [0, 0.05) is 12.8 Å². The Morgan fingerprint density at radius 1 is 1.25 bits per heavy atom. The van der Waals surface area contributed by atoms with Crippen molar-refractivity contribution in [1.82, 2.24) is 0 Å². The van der Waals surface area contributed by atoms with Crippen molar-refractivity contribution in [2.24, 2.45) is 0 Å². The molecule has 0 N–H and O–H groups in total. The molecule has 1 saturated heterocycles. The summed E-state index contributed by atoms with van der Waals surface area (Å²) in [5.74, 6) is 0.949. The SMILES string of the molecule is COc1cc(C#N)ccc1C1CCC2(CC1)OCCO2. The zero-order valence-corrected chi connectivity index (χ0v) is 11.7. The van der Waals surface area contributed by atoms with Gasteiger partial charge in [-0.3, -0.25) is 0 Å². The van der Waals surface area contributed by atoms with Gasteiger partial charge in [0.05, 0.1) is 32.0 Å². The van der Waals surface area contributed by atoms with Crippen LogP contribution in [0.25, 0.3) is 0 Å². The number of ether oxygens (including phenoxy) is 3. The average molecular weight is 273 g/mol. The van der Waals surface area contributed by atoms with Gasteiger partial charge >= 0.3 is 0 Å². The Morgan fingerprint density at radius 3 is 2.55 bits per heavy atom. The van der Waals surface area contributed by atoms with Crippen LogP contribution in [0.3, 0.4) is 0 Å². The van der Waals surface area contributed by atoms with Crippen LogP contribution in [0.15, 0.2) is 18.2 Å². The van der Waals surface area contributed by atoms with E-state index in [0.29, 0.717) is 24.7 Å². The molecule has 1 aliphatic carbocycles. The van der Waals surface area contributed by atoms with Crippen molar-refractivity contribution in [2.75, 3.05) is 20.3 Å². The van der Waals surface area contributed by atoms with Crippen molar-refractivity contribution in [3.05, 3.63) is 29.3 Å². The number of nitrogens with zero attached hydrogens (tertiary/aromatic N) is 1. The van der Waals surface area contributed by atoms with Gasteiger partial charge in [-0.05, 0) is 36.5 Å². The summed E-state index contributed by atoms with van der Waals surface area (Å²) < 4.78 is 17.0. The first-order valence-corrected chi connectivity index (χ1v) is 7.12. The molecule has 4 heteroatoms. The number of rotatable bonds is 2. The second-order valence-corrected chi connectivity index (χ2v) is 5.45. The van der Waals surface area contributed by atoms with E-state index in [9.17, 15) is 0 Å². The minimum atomic E-state index is -0.323. The van der Waals surface area contributed by atoms with Crippen LogP contribution >= 0.6 is 0 Å². The van der Waals surface area contributed by atoms with E-state index in [-0.39, 0.29) is 5.79 Å². The molecule has 1 aromatic rings. The number of nitriles is 1. The molecule has 0 bridgehead atoms. The van der Waals surface area contributed by atoms with E-state index < -0.39 is 0 Å². The quantitative estimate of drug-likeness (QED) is 0.831. The van der Waals surface area contributed by atoms with E-state index in [1.165, 1.54) is 5.56 Å². The van der Waals surface area contributed by atoms with Crippen LogP contribution in [0.2, 0.25) is 0 Å². The first kappa shape index (κ1) is 13.4. The molecular weight excluding hydrogens is 254 g/mol. The zero-order chi connectivity index (χ0) is 14.0. The lowest BCUT2D eigenvalue weighted by atomic mass is 9.80. The Morgan fingerprint density at radius 2 is 1.95 bits per heavy atom. The van der Waals surface area contributed by atoms with Crippen molar-refractivity contribution >= 4 is 0 Å². The fourth-order valence-corrected chi connectivity index (χ4v) is 3.27. The molecule has 20 heavy (non-hydrogen) atoms. The van der Waals surface area contributed by atoms with E-state index >= 15 is 0 Å². The first-order chi connectivity index (χ1) is 9.76. The maximum absolute atomic E-state index is 8.96. The maximum Gasteiger partial charge on any atom is 0.168 e. The molecule has 1 spiro atoms. The molecule has 0 atom stereocenters. The predicted octanol–water partition coefficient (Wildman–Crippen LogP) is 2.97. The van der Waals surface area contributed by atoms with Crippen LogP contribution in [-0.4, -0.2) is 26.1 Å². The predicted molar refractivity (Wildman–Crippen MR) is 73.6 cm³/mol. The average Bonchev–Trinajstić information content (AvgIpc) is 2.96. The molecule has 0 amide bonds. The van der Waals surface area contributed by atoms with Crippen LogP contribution < -0.4 is 4.74 Å². The number of methoxy groups -OCH3 is 1. The Bertz CT molecular complexity index is 519. The maximum atomic E-state index is 8.96. The first-order valence-electron chi connectivity index (χ1n) is 7.12. The van der Waals surface area contributed by atoms with Crippen LogP contribution in [0.4, 0.5) is 0 Å². The molecule has 106 valence electrons. The van der Waals surface area contributed by atoms with Crippen molar-refractivity contribution in [3.63, 3.8) is 0 Å². The van der Waals surface area contributed by atoms with E-state index in [0.717, 1.165) is 31.4 Å². The Balaban J connectivity index is 1.76. The molecule has 4 nitrogen and oxygen atoms in total. The minimum Gasteiger partial charge on any atom is -0.496 e. The third kappa shape index (κ3) is 2.39. The second kappa shape index (κ2) is 5.43. The fraction of sp³-hybridized carbons (Fsp3) is 0.562. The largest absolute Gasteiger partial charge is 0.496 e. The number of hydrogen-bond donors (Lipinski definition) is 0. The summed E-state index contributed by atoms with van der Waals surface area (Å²) in [6.07, 6.45) is 3.92. The van der Waals surface area contributed by atoms with Crippen molar-refractivity contribution in [3.8, 4) is 11.8 Å². The van der Waals surface area contributed by atoms with Gasteiger partial charge in [-0.2, -0.15) is 5.26 Å². The summed E-state index contributed by atoms with van der Waals surface area (Å²) in [4.78, 5) is 0. The lowest BCUT2D eigenvalue weighted by Crippen LogP contribution is -2.34. The highest BCUT2D eigenvalue weighted by Crippen LogP contribution is 2.44. The molecule has 1 aromatic carbocycles. The lowest BCUT2D eigenvalue weighted by Gasteiger charge is -2.35. The molecule has 2 aliphatic rings. The fourth-order valence-electron chi connectivity index (χ4n) is 3.27. The van der Waals surface area contributed by atoms with Gasteiger partial charge in [-0.1, -0.05) is 6.07 Å². The van der Waals surface area contributed by atoms with Gasteiger partial charge in [-0.25, -0.2) is 0 Å². The monoisotopic (exact) mass is 273 g/mol. The van der Waals surface area contributed by atoms with Crippen LogP contribution in [0.1, 0.15) is 42.7 Å². The topological polar surface area (TPSA) is 51.5 Å². The molecule has 0 aromatic heterocycles. The van der Waals surface area contributed by atoms with Crippen molar-refractivity contribution < 1.29 is 14.2 Å². The molecule has 0 radical (unpaired) electrons. The molecule has 1 aliphatic heterocycles. The third-order valence-electron chi connectivity index (χ3n) is 4.36. The van der Waals surface area contributed by atoms with Crippen molar-refractivity contribution in [2.45, 2.75) is 37.4 Å². The molecule has 0 unspecified atom stereocenters. The smallest absolute Gasteiger partial charge is 0.168 e. The summed E-state index contributed by atoms with van der Waals surface area (Å²) in [6.45, 7) is 1.43. The molecule has 2 fully saturated rings. The Kier molecular flexibility index (Phi) is 3.64. The van der Waals surface area contributed by atoms with Gasteiger partial charge in [0.25, 0.3) is 0 Å². The zero-order valence-electron chi connectivity index (χ0n) is 11.7. The number of hydrogen-bond acceptors (Lipinski definition) is 4. The van der Waals surface area contributed by atoms with Crippen LogP contribution in [0, 0.1) is 11.3 Å². The highest BCUT2D eigenvalue weighted by atomic mass is 16.7. The van der Waals surface area contributed by atoms with E-state index in [1.54, 1.807) is 7.11 Å². The van der Waals surface area contributed by atoms with E-state index in [1.807, 2.05) is 18.2 Å². The normalized spacial score (nSPS) is 21.8. The van der Waals surface area contributed by atoms with Crippen LogP contribution in [-0.2, 0) is 9.47 Å². The van der Waals surface area contributed by atoms with Gasteiger partial charge in [0.1, 0.15) is 5.75 Å². The van der Waals surface area contributed by atoms with Gasteiger partial charge in [-0.15, -0.1) is 0 Å². The Labute approximate surface area is 119 Å². The second-order valence-electron chi connectivity index (χ2n) is 5.45. The summed E-state index contributed by atoms with van der Waals surface area (Å²) in [7, 11) is 1.66. The van der Waals surface area contributed by atoms with Gasteiger partial charge < -0.3 is 14.2 Å². The standard InChI is InChI=1S/C16H19NO3/c1-18-15-10-12(11-17)2-3-14(15)13-4-6-16(7-5-13)19-8-9-20-16/h2-3,10,13H,4-9H2,1H3. The highest BCUT2D eigenvalue weighted by molar-refractivity contribution is 5.44. The summed E-state index contributed by atoms with van der Waals surface area (Å²) in [5.41, 5.74) is 1.83. The molecule has 3 rings (SSSR count). The van der Waals surface area contributed by atoms with Gasteiger partial charge in [0.15, 0.2) is 5.79 Å². The third-order valence-corrected chi connectivity index (χ3v) is 4.36. The van der Waals surface area contributed by atoms with E-state index in [4.69, 9.17) is 19.5 Å². The summed E-state index contributed by atoms with van der Waals surface area (Å²) in [6, 6.07) is 7.86. The van der Waals surface area contributed by atoms with E-state index in [2.05, 4.69) is 6.07 Å². The Hall–Kier alpha value is -1.57. The van der Waals surface area contributed by atoms with Crippen molar-refractivity contribution in [1.29, 1.82) is 5.26 Å². The highest BCUT2D eigenvalue weighted by Gasteiger charge is 2.40. The molecular formula is C16H19NO3.